The number of hydrogen-bond donors (Lipinski definition) is 0. The van der Waals surface area contributed by atoms with Crippen LogP contribution in [0.25, 0.3) is 0 Å². The quantitative estimate of drug-likeness (QED) is 0.706. The van der Waals surface area contributed by atoms with Gasteiger partial charge >= 0.3 is 0 Å². The first kappa shape index (κ1) is 18.2. The third-order valence-corrected chi connectivity index (χ3v) is 7.07. The summed E-state index contributed by atoms with van der Waals surface area (Å²) in [6, 6.07) is 0. The molecule has 8 atom stereocenters. The van der Waals surface area contributed by atoms with Gasteiger partial charge in [-0.15, -0.1) is 0 Å². The minimum atomic E-state index is -0.708. The van der Waals surface area contributed by atoms with Gasteiger partial charge in [-0.1, -0.05) is 27.7 Å². The van der Waals surface area contributed by atoms with Crippen LogP contribution >= 0.6 is 0 Å². The van der Waals surface area contributed by atoms with Crippen molar-refractivity contribution in [3.63, 3.8) is 0 Å². The highest BCUT2D eigenvalue weighted by molar-refractivity contribution is 5.09. The van der Waals surface area contributed by atoms with Gasteiger partial charge < -0.3 is 14.2 Å². The predicted molar refractivity (Wildman–Crippen MR) is 92.2 cm³/mol. The number of fused-ring (bicyclic) bond motifs is 2. The summed E-state index contributed by atoms with van der Waals surface area (Å²) in [5.41, 5.74) is -0.481. The fourth-order valence-electron chi connectivity index (χ4n) is 5.48. The maximum absolute atomic E-state index is 6.39. The highest BCUT2D eigenvalue weighted by Gasteiger charge is 2.69. The fourth-order valence-corrected chi connectivity index (χ4v) is 5.48. The van der Waals surface area contributed by atoms with E-state index < -0.39 is 17.7 Å². The molecule has 0 unspecified atom stereocenters. The molecule has 0 amide bonds. The molecule has 5 fully saturated rings. The first-order valence-electron chi connectivity index (χ1n) is 10.2. The van der Waals surface area contributed by atoms with Crippen LogP contribution in [0.3, 0.4) is 0 Å². The Morgan fingerprint density at radius 3 is 2.64 bits per heavy atom. The summed E-state index contributed by atoms with van der Waals surface area (Å²) in [6.07, 6.45) is 4.69. The maximum Gasteiger partial charge on any atom is 0.201 e. The Kier molecular flexibility index (Phi) is 4.69. The zero-order valence-electron chi connectivity index (χ0n) is 16.3. The molecular formula is C20H34O5. The van der Waals surface area contributed by atoms with E-state index in [2.05, 4.69) is 27.7 Å². The Morgan fingerprint density at radius 1 is 1.08 bits per heavy atom. The Bertz CT molecular complexity index is 496. The van der Waals surface area contributed by atoms with Crippen molar-refractivity contribution in [3.05, 3.63) is 0 Å². The van der Waals surface area contributed by atoms with Crippen LogP contribution in [-0.2, 0) is 24.0 Å². The van der Waals surface area contributed by atoms with E-state index in [-0.39, 0.29) is 12.2 Å². The van der Waals surface area contributed by atoms with Crippen LogP contribution < -0.4 is 0 Å². The van der Waals surface area contributed by atoms with E-state index in [4.69, 9.17) is 24.0 Å². The molecule has 25 heavy (non-hydrogen) atoms. The molecule has 0 aromatic carbocycles. The Balaban J connectivity index is 1.61. The lowest BCUT2D eigenvalue weighted by Crippen LogP contribution is -2.70. The van der Waals surface area contributed by atoms with Gasteiger partial charge in [0.1, 0.15) is 0 Å². The van der Waals surface area contributed by atoms with Crippen LogP contribution in [0.5, 0.6) is 0 Å². The van der Waals surface area contributed by atoms with Gasteiger partial charge in [-0.3, -0.25) is 0 Å². The van der Waals surface area contributed by atoms with Gasteiger partial charge in [0, 0.05) is 24.9 Å². The van der Waals surface area contributed by atoms with Crippen LogP contribution in [0.2, 0.25) is 0 Å². The van der Waals surface area contributed by atoms with Gasteiger partial charge in [0.05, 0.1) is 0 Å². The fraction of sp³-hybridized carbons (Fsp3) is 1.00. The molecule has 144 valence electrons. The molecule has 1 spiro atoms. The van der Waals surface area contributed by atoms with Crippen molar-refractivity contribution in [2.75, 3.05) is 6.61 Å². The lowest BCUT2D eigenvalue weighted by molar-refractivity contribution is -0.577. The molecule has 5 heteroatoms. The largest absolute Gasteiger partial charge is 0.352 e. The first-order chi connectivity index (χ1) is 11.9. The zero-order chi connectivity index (χ0) is 17.8. The van der Waals surface area contributed by atoms with Crippen molar-refractivity contribution < 1.29 is 24.0 Å². The van der Waals surface area contributed by atoms with Crippen molar-refractivity contribution in [3.8, 4) is 0 Å². The monoisotopic (exact) mass is 354 g/mol. The maximum atomic E-state index is 6.39. The predicted octanol–water partition coefficient (Wildman–Crippen LogP) is 4.26. The number of ether oxygens (including phenoxy) is 3. The average Bonchev–Trinajstić information content (AvgIpc) is 2.78. The second-order valence-corrected chi connectivity index (χ2v) is 9.33. The van der Waals surface area contributed by atoms with Gasteiger partial charge in [0.15, 0.2) is 18.2 Å². The molecule has 0 radical (unpaired) electrons. The van der Waals surface area contributed by atoms with Gasteiger partial charge in [-0.25, -0.2) is 9.78 Å². The summed E-state index contributed by atoms with van der Waals surface area (Å²) in [4.78, 5) is 12.0. The summed E-state index contributed by atoms with van der Waals surface area (Å²) in [5, 5.41) is 0. The number of rotatable bonds is 4. The summed E-state index contributed by atoms with van der Waals surface area (Å²) in [5.74, 6) is 1.55. The van der Waals surface area contributed by atoms with Crippen molar-refractivity contribution >= 4 is 0 Å². The van der Waals surface area contributed by atoms with E-state index in [9.17, 15) is 0 Å². The van der Waals surface area contributed by atoms with Crippen LogP contribution in [0, 0.1) is 29.6 Å². The minimum absolute atomic E-state index is 0.222. The average molecular weight is 354 g/mol. The molecule has 4 saturated heterocycles. The topological polar surface area (TPSA) is 46.2 Å². The molecule has 1 aliphatic carbocycles. The summed E-state index contributed by atoms with van der Waals surface area (Å²) in [7, 11) is 0. The highest BCUT2D eigenvalue weighted by atomic mass is 17.3. The molecule has 5 nitrogen and oxygen atoms in total. The van der Waals surface area contributed by atoms with E-state index in [0.717, 1.165) is 32.3 Å². The normalized spacial score (nSPS) is 52.1. The molecule has 0 aromatic heterocycles. The van der Waals surface area contributed by atoms with E-state index in [1.54, 1.807) is 0 Å². The van der Waals surface area contributed by atoms with Crippen LogP contribution in [0.1, 0.15) is 66.7 Å². The Morgan fingerprint density at radius 2 is 1.88 bits per heavy atom. The van der Waals surface area contributed by atoms with Gasteiger partial charge in [-0.05, 0) is 50.4 Å². The number of hydrogen-bond acceptors (Lipinski definition) is 5. The van der Waals surface area contributed by atoms with Crippen molar-refractivity contribution in [2.24, 2.45) is 29.6 Å². The zero-order valence-corrected chi connectivity index (χ0v) is 16.3. The van der Waals surface area contributed by atoms with Gasteiger partial charge in [-0.2, -0.15) is 0 Å². The van der Waals surface area contributed by atoms with Crippen molar-refractivity contribution in [1.29, 1.82) is 0 Å². The third kappa shape index (κ3) is 2.87. The molecule has 4 heterocycles. The lowest BCUT2D eigenvalue weighted by atomic mass is 9.58. The first-order valence-corrected chi connectivity index (χ1v) is 10.2. The standard InChI is InChI=1S/C20H34O5/c1-12(2)9-11-21-17-14(4)16-7-6-13(3)15-8-10-19(5)23-18(22-17)20(15,16)25-24-19/h12-18H,6-11H2,1-5H3/t13-,14-,15+,16+,17+,18-,19-,20-/m1/s1. The molecule has 2 bridgehead atoms. The van der Waals surface area contributed by atoms with E-state index in [1.165, 1.54) is 6.42 Å². The molecule has 1 saturated carbocycles. The molecule has 0 N–H and O–H groups in total. The molecule has 5 aliphatic rings. The Labute approximate surface area is 151 Å². The van der Waals surface area contributed by atoms with Gasteiger partial charge in [0.2, 0.25) is 5.79 Å². The molecule has 0 aromatic rings. The third-order valence-electron chi connectivity index (χ3n) is 7.07. The van der Waals surface area contributed by atoms with Crippen LogP contribution in [-0.4, -0.2) is 30.6 Å². The van der Waals surface area contributed by atoms with Crippen molar-refractivity contribution in [1.82, 2.24) is 0 Å². The Hall–Kier alpha value is -0.200. The molecule has 4 aliphatic heterocycles. The molecular weight excluding hydrogens is 320 g/mol. The minimum Gasteiger partial charge on any atom is -0.352 e. The van der Waals surface area contributed by atoms with E-state index in [0.29, 0.717) is 23.7 Å². The summed E-state index contributed by atoms with van der Waals surface area (Å²) < 4.78 is 18.9. The summed E-state index contributed by atoms with van der Waals surface area (Å²) in [6.45, 7) is 11.7. The van der Waals surface area contributed by atoms with Crippen LogP contribution in [0.15, 0.2) is 0 Å². The lowest BCUT2D eigenvalue weighted by Gasteiger charge is -2.60. The van der Waals surface area contributed by atoms with E-state index >= 15 is 0 Å². The molecule has 5 rings (SSSR count). The second kappa shape index (κ2) is 6.45. The van der Waals surface area contributed by atoms with Crippen molar-refractivity contribution in [2.45, 2.75) is 90.7 Å². The SMILES string of the molecule is CC(C)CCO[C@H]1O[C@@H]2O[C@@]3(C)CC[C@H]4[C@H](C)CC[C@@H]([C@H]1C)[C@@]24OO3. The van der Waals surface area contributed by atoms with Crippen LogP contribution in [0.4, 0.5) is 0 Å². The van der Waals surface area contributed by atoms with E-state index in [1.807, 2.05) is 6.92 Å². The summed E-state index contributed by atoms with van der Waals surface area (Å²) >= 11 is 0. The van der Waals surface area contributed by atoms with Gasteiger partial charge in [0.25, 0.3) is 0 Å². The smallest absolute Gasteiger partial charge is 0.201 e. The second-order valence-electron chi connectivity index (χ2n) is 9.33. The highest BCUT2D eigenvalue weighted by Crippen LogP contribution is 2.60.